The lowest BCUT2D eigenvalue weighted by Crippen LogP contribution is -2.15. The number of H-pyrrole nitrogens is 1. The van der Waals surface area contributed by atoms with Gasteiger partial charge in [-0.05, 0) is 6.92 Å². The molecule has 2 aromatic rings. The van der Waals surface area contributed by atoms with Crippen LogP contribution in [0.1, 0.15) is 17.1 Å². The fourth-order valence-electron chi connectivity index (χ4n) is 1.43. The third kappa shape index (κ3) is 2.24. The Morgan fingerprint density at radius 3 is 2.93 bits per heavy atom. The molecule has 2 heterocycles. The molecule has 0 atom stereocenters. The Morgan fingerprint density at radius 2 is 2.33 bits per heavy atom. The molecule has 0 radical (unpaired) electrons. The minimum Gasteiger partial charge on any atom is -0.337 e. The first kappa shape index (κ1) is 9.92. The summed E-state index contributed by atoms with van der Waals surface area (Å²) in [4.78, 5) is 4.23. The van der Waals surface area contributed by atoms with Gasteiger partial charge in [0.2, 0.25) is 0 Å². The molecule has 0 unspecified atom stereocenters. The Labute approximate surface area is 88.5 Å². The van der Waals surface area contributed by atoms with Crippen LogP contribution in [0, 0.1) is 6.92 Å². The first-order valence-corrected chi connectivity index (χ1v) is 4.93. The highest BCUT2D eigenvalue weighted by Gasteiger charge is 2.01. The fourth-order valence-corrected chi connectivity index (χ4v) is 1.43. The van der Waals surface area contributed by atoms with E-state index in [2.05, 4.69) is 20.5 Å². The van der Waals surface area contributed by atoms with E-state index in [4.69, 9.17) is 0 Å². The molecular formula is C10H15N5. The van der Waals surface area contributed by atoms with Crippen LogP contribution in [-0.2, 0) is 20.1 Å². The summed E-state index contributed by atoms with van der Waals surface area (Å²) < 4.78 is 2.01. The molecule has 0 aliphatic carbocycles. The third-order valence-electron chi connectivity index (χ3n) is 2.45. The number of aryl methyl sites for hydroxylation is 2. The van der Waals surface area contributed by atoms with Gasteiger partial charge in [-0.25, -0.2) is 4.98 Å². The lowest BCUT2D eigenvalue weighted by Gasteiger charge is -2.03. The SMILES string of the molecule is Cc1[nH]ncc1CNCc1nccn1C. The van der Waals surface area contributed by atoms with Crippen molar-refractivity contribution < 1.29 is 0 Å². The molecule has 2 N–H and O–H groups in total. The van der Waals surface area contributed by atoms with Crippen molar-refractivity contribution in [3.8, 4) is 0 Å². The molecule has 2 aromatic heterocycles. The number of nitrogens with zero attached hydrogens (tertiary/aromatic N) is 3. The van der Waals surface area contributed by atoms with Gasteiger partial charge in [0.1, 0.15) is 5.82 Å². The van der Waals surface area contributed by atoms with Gasteiger partial charge in [0.15, 0.2) is 0 Å². The van der Waals surface area contributed by atoms with Gasteiger partial charge in [-0.2, -0.15) is 5.10 Å². The largest absolute Gasteiger partial charge is 0.337 e. The second-order valence-corrected chi connectivity index (χ2v) is 3.58. The van der Waals surface area contributed by atoms with E-state index in [1.807, 2.05) is 30.9 Å². The van der Waals surface area contributed by atoms with Crippen molar-refractivity contribution >= 4 is 0 Å². The van der Waals surface area contributed by atoms with Gasteiger partial charge in [-0.1, -0.05) is 0 Å². The highest BCUT2D eigenvalue weighted by molar-refractivity contribution is 5.13. The maximum Gasteiger partial charge on any atom is 0.122 e. The molecule has 0 amide bonds. The molecule has 0 saturated heterocycles. The van der Waals surface area contributed by atoms with Gasteiger partial charge >= 0.3 is 0 Å². The highest BCUT2D eigenvalue weighted by Crippen LogP contribution is 2.02. The molecule has 0 spiro atoms. The topological polar surface area (TPSA) is 58.5 Å². The standard InChI is InChI=1S/C10H15N5/c1-8-9(6-13-14-8)5-11-7-10-12-3-4-15(10)2/h3-4,6,11H,5,7H2,1-2H3,(H,13,14). The molecule has 0 aliphatic heterocycles. The summed E-state index contributed by atoms with van der Waals surface area (Å²) in [5.74, 6) is 1.04. The summed E-state index contributed by atoms with van der Waals surface area (Å²) in [5, 5.41) is 10.2. The van der Waals surface area contributed by atoms with E-state index in [1.165, 1.54) is 5.56 Å². The quantitative estimate of drug-likeness (QED) is 0.774. The minimum absolute atomic E-state index is 0.772. The first-order chi connectivity index (χ1) is 7.27. The molecule has 5 heteroatoms. The van der Waals surface area contributed by atoms with Crippen LogP contribution in [0.2, 0.25) is 0 Å². The van der Waals surface area contributed by atoms with Crippen LogP contribution in [-0.4, -0.2) is 19.7 Å². The summed E-state index contributed by atoms with van der Waals surface area (Å²) in [5.41, 5.74) is 2.31. The average Bonchev–Trinajstić information content (AvgIpc) is 2.78. The zero-order valence-corrected chi connectivity index (χ0v) is 8.99. The van der Waals surface area contributed by atoms with Gasteiger partial charge in [0.25, 0.3) is 0 Å². The van der Waals surface area contributed by atoms with Crippen molar-refractivity contribution in [2.24, 2.45) is 7.05 Å². The van der Waals surface area contributed by atoms with Crippen LogP contribution in [0.3, 0.4) is 0 Å². The van der Waals surface area contributed by atoms with Crippen LogP contribution >= 0.6 is 0 Å². The van der Waals surface area contributed by atoms with Crippen LogP contribution < -0.4 is 5.32 Å². The summed E-state index contributed by atoms with van der Waals surface area (Å²) in [7, 11) is 1.99. The monoisotopic (exact) mass is 205 g/mol. The van der Waals surface area contributed by atoms with Crippen LogP contribution in [0.15, 0.2) is 18.6 Å². The lowest BCUT2D eigenvalue weighted by atomic mass is 10.2. The Kier molecular flexibility index (Phi) is 2.82. The van der Waals surface area contributed by atoms with E-state index in [9.17, 15) is 0 Å². The maximum atomic E-state index is 4.23. The van der Waals surface area contributed by atoms with Crippen molar-refractivity contribution in [3.63, 3.8) is 0 Å². The zero-order chi connectivity index (χ0) is 10.7. The first-order valence-electron chi connectivity index (χ1n) is 4.93. The zero-order valence-electron chi connectivity index (χ0n) is 8.99. The van der Waals surface area contributed by atoms with Crippen molar-refractivity contribution in [2.75, 3.05) is 0 Å². The molecule has 0 bridgehead atoms. The molecule has 80 valence electrons. The Balaban J connectivity index is 1.86. The normalized spacial score (nSPS) is 10.8. The highest BCUT2D eigenvalue weighted by atomic mass is 15.1. The molecule has 0 aromatic carbocycles. The van der Waals surface area contributed by atoms with Crippen molar-refractivity contribution in [2.45, 2.75) is 20.0 Å². The second-order valence-electron chi connectivity index (χ2n) is 3.58. The molecule has 0 aliphatic rings. The van der Waals surface area contributed by atoms with Gasteiger partial charge in [0.05, 0.1) is 12.7 Å². The smallest absolute Gasteiger partial charge is 0.122 e. The predicted octanol–water partition coefficient (Wildman–Crippen LogP) is 0.741. The maximum absolute atomic E-state index is 4.23. The Bertz CT molecular complexity index is 388. The van der Waals surface area contributed by atoms with E-state index < -0.39 is 0 Å². The van der Waals surface area contributed by atoms with Crippen molar-refractivity contribution in [1.82, 2.24) is 25.1 Å². The molecule has 0 saturated carbocycles. The fraction of sp³-hybridized carbons (Fsp3) is 0.400. The Hall–Kier alpha value is -1.62. The number of aromatic nitrogens is 4. The van der Waals surface area contributed by atoms with Gasteiger partial charge in [-0.3, -0.25) is 5.10 Å². The average molecular weight is 205 g/mol. The summed E-state index contributed by atoms with van der Waals surface area (Å²) in [6, 6.07) is 0. The number of imidazole rings is 1. The lowest BCUT2D eigenvalue weighted by molar-refractivity contribution is 0.637. The van der Waals surface area contributed by atoms with E-state index >= 15 is 0 Å². The number of aromatic amines is 1. The van der Waals surface area contributed by atoms with Crippen LogP contribution in [0.5, 0.6) is 0 Å². The van der Waals surface area contributed by atoms with E-state index in [0.29, 0.717) is 0 Å². The van der Waals surface area contributed by atoms with Gasteiger partial charge < -0.3 is 9.88 Å². The number of rotatable bonds is 4. The minimum atomic E-state index is 0.772. The Morgan fingerprint density at radius 1 is 1.47 bits per heavy atom. The predicted molar refractivity (Wildman–Crippen MR) is 57.1 cm³/mol. The summed E-state index contributed by atoms with van der Waals surface area (Å²) in [6.07, 6.45) is 5.60. The number of hydrogen-bond donors (Lipinski definition) is 2. The van der Waals surface area contributed by atoms with Crippen LogP contribution in [0.4, 0.5) is 0 Å². The summed E-state index contributed by atoms with van der Waals surface area (Å²) >= 11 is 0. The van der Waals surface area contributed by atoms with E-state index in [1.54, 1.807) is 6.20 Å². The van der Waals surface area contributed by atoms with E-state index in [0.717, 1.165) is 24.6 Å². The van der Waals surface area contributed by atoms with Gasteiger partial charge in [0, 0.05) is 37.2 Å². The van der Waals surface area contributed by atoms with Crippen LogP contribution in [0.25, 0.3) is 0 Å². The molecule has 5 nitrogen and oxygen atoms in total. The summed E-state index contributed by atoms with van der Waals surface area (Å²) in [6.45, 7) is 3.61. The molecule has 0 fully saturated rings. The molecule has 15 heavy (non-hydrogen) atoms. The van der Waals surface area contributed by atoms with Gasteiger partial charge in [-0.15, -0.1) is 0 Å². The number of hydrogen-bond acceptors (Lipinski definition) is 3. The third-order valence-corrected chi connectivity index (χ3v) is 2.45. The second kappa shape index (κ2) is 4.27. The van der Waals surface area contributed by atoms with Crippen molar-refractivity contribution in [3.05, 3.63) is 35.7 Å². The van der Waals surface area contributed by atoms with E-state index in [-0.39, 0.29) is 0 Å². The molecule has 2 rings (SSSR count). The van der Waals surface area contributed by atoms with Crippen molar-refractivity contribution in [1.29, 1.82) is 0 Å². The molecular weight excluding hydrogens is 190 g/mol. The number of nitrogens with one attached hydrogen (secondary N) is 2.